The maximum Gasteiger partial charge on any atom is -0.0354 e. The van der Waals surface area contributed by atoms with Crippen LogP contribution in [-0.4, -0.2) is 0 Å². The van der Waals surface area contributed by atoms with Crippen LogP contribution in [0.4, 0.5) is 0 Å². The van der Waals surface area contributed by atoms with Gasteiger partial charge in [0.2, 0.25) is 0 Å². The average molecular weight is 136 g/mol. The van der Waals surface area contributed by atoms with E-state index in [-0.39, 0.29) is 0 Å². The van der Waals surface area contributed by atoms with Gasteiger partial charge in [0.25, 0.3) is 0 Å². The van der Waals surface area contributed by atoms with Crippen LogP contribution in [0.2, 0.25) is 0 Å². The Morgan fingerprint density at radius 2 is 1.50 bits per heavy atom. The molecule has 4 aliphatic rings. The third-order valence-electron chi connectivity index (χ3n) is 4.11. The summed E-state index contributed by atoms with van der Waals surface area (Å²) in [6.45, 7) is 0. The fraction of sp³-hybridized carbons (Fsp3) is 1.00. The maximum atomic E-state index is 1.61. The largest absolute Gasteiger partial charge is 0.0502 e. The van der Waals surface area contributed by atoms with Crippen molar-refractivity contribution < 1.29 is 0 Å². The van der Waals surface area contributed by atoms with Gasteiger partial charge in [-0.15, -0.1) is 0 Å². The van der Waals surface area contributed by atoms with Gasteiger partial charge in [0, 0.05) is 0 Å². The predicted molar refractivity (Wildman–Crippen MR) is 41.7 cm³/mol. The van der Waals surface area contributed by atoms with E-state index in [4.69, 9.17) is 0 Å². The first-order chi connectivity index (χ1) is 4.93. The van der Waals surface area contributed by atoms with E-state index in [0.717, 1.165) is 5.92 Å². The first-order valence-electron chi connectivity index (χ1n) is 4.93. The Labute approximate surface area is 63.0 Å². The van der Waals surface area contributed by atoms with Crippen molar-refractivity contribution in [3.05, 3.63) is 0 Å². The van der Waals surface area contributed by atoms with E-state index in [1.165, 1.54) is 17.8 Å². The van der Waals surface area contributed by atoms with Gasteiger partial charge in [-0.05, 0) is 49.4 Å². The number of rotatable bonds is 0. The molecule has 0 spiro atoms. The van der Waals surface area contributed by atoms with E-state index in [2.05, 4.69) is 0 Å². The molecule has 0 heterocycles. The summed E-state index contributed by atoms with van der Waals surface area (Å²) in [5.41, 5.74) is 0. The summed E-state index contributed by atoms with van der Waals surface area (Å²) in [4.78, 5) is 0. The Balaban J connectivity index is 1.87. The van der Waals surface area contributed by atoms with E-state index in [0.29, 0.717) is 0 Å². The van der Waals surface area contributed by atoms with E-state index in [1.807, 2.05) is 0 Å². The molecule has 4 saturated carbocycles. The molecule has 0 aromatic carbocycles. The fourth-order valence-electron chi connectivity index (χ4n) is 3.40. The molecule has 0 aliphatic heterocycles. The minimum Gasteiger partial charge on any atom is -0.0502 e. The molecule has 4 aliphatic carbocycles. The molecule has 56 valence electrons. The van der Waals surface area contributed by atoms with Crippen LogP contribution < -0.4 is 0 Å². The van der Waals surface area contributed by atoms with Gasteiger partial charge < -0.3 is 0 Å². The van der Waals surface area contributed by atoms with Gasteiger partial charge in [0.1, 0.15) is 0 Å². The van der Waals surface area contributed by atoms with Crippen molar-refractivity contribution in [1.82, 2.24) is 0 Å². The average Bonchev–Trinajstić information content (AvgIpc) is 2.65. The van der Waals surface area contributed by atoms with Gasteiger partial charge >= 0.3 is 0 Å². The maximum absolute atomic E-state index is 1.61. The van der Waals surface area contributed by atoms with E-state index in [1.54, 1.807) is 38.5 Å². The van der Waals surface area contributed by atoms with Crippen LogP contribution in [0.15, 0.2) is 0 Å². The van der Waals surface area contributed by atoms with Crippen molar-refractivity contribution >= 4 is 0 Å². The number of hydrogen-bond donors (Lipinski definition) is 0. The molecular formula is C10H16. The van der Waals surface area contributed by atoms with Gasteiger partial charge in [-0.2, -0.15) is 0 Å². The molecule has 2 unspecified atom stereocenters. The number of fused-ring (bicyclic) bond motifs is 2. The van der Waals surface area contributed by atoms with Crippen LogP contribution in [0.25, 0.3) is 0 Å². The molecule has 0 radical (unpaired) electrons. The van der Waals surface area contributed by atoms with Gasteiger partial charge in [0.15, 0.2) is 0 Å². The first-order valence-corrected chi connectivity index (χ1v) is 4.93. The van der Waals surface area contributed by atoms with Crippen molar-refractivity contribution in [3.63, 3.8) is 0 Å². The van der Waals surface area contributed by atoms with Crippen LogP contribution >= 0.6 is 0 Å². The van der Waals surface area contributed by atoms with Crippen molar-refractivity contribution in [2.24, 2.45) is 23.7 Å². The standard InChI is InChI=1S/C10H16/c1-3-8-4-2-7(1)5-9-6-10(8)9/h7-10H,1-6H2. The van der Waals surface area contributed by atoms with Crippen LogP contribution in [0.1, 0.15) is 38.5 Å². The van der Waals surface area contributed by atoms with Crippen molar-refractivity contribution in [2.75, 3.05) is 0 Å². The highest BCUT2D eigenvalue weighted by Crippen LogP contribution is 2.57. The van der Waals surface area contributed by atoms with Crippen LogP contribution in [-0.2, 0) is 0 Å². The molecule has 0 saturated heterocycles. The summed E-state index contributed by atoms with van der Waals surface area (Å²) in [5, 5.41) is 0. The SMILES string of the molecule is C1CC2CCC1CC1CC21. The van der Waals surface area contributed by atoms with Crippen LogP contribution in [0.5, 0.6) is 0 Å². The second-order valence-corrected chi connectivity index (χ2v) is 4.68. The monoisotopic (exact) mass is 136 g/mol. The first kappa shape index (κ1) is 5.62. The highest BCUT2D eigenvalue weighted by molar-refractivity contribution is 4.98. The Bertz CT molecular complexity index is 142. The predicted octanol–water partition coefficient (Wildman–Crippen LogP) is 2.83. The lowest BCUT2D eigenvalue weighted by molar-refractivity contribution is 0.278. The lowest BCUT2D eigenvalue weighted by Gasteiger charge is -2.24. The Morgan fingerprint density at radius 1 is 0.700 bits per heavy atom. The van der Waals surface area contributed by atoms with Crippen molar-refractivity contribution in [3.8, 4) is 0 Å². The summed E-state index contributed by atoms with van der Waals surface area (Å²) < 4.78 is 0. The lowest BCUT2D eigenvalue weighted by atomic mass is 9.82. The van der Waals surface area contributed by atoms with Crippen LogP contribution in [0.3, 0.4) is 0 Å². The summed E-state index contributed by atoms with van der Waals surface area (Å²) in [6.07, 6.45) is 9.56. The van der Waals surface area contributed by atoms with E-state index in [9.17, 15) is 0 Å². The molecule has 0 aromatic heterocycles. The Hall–Kier alpha value is 0. The molecule has 4 rings (SSSR count). The van der Waals surface area contributed by atoms with E-state index < -0.39 is 0 Å². The summed E-state index contributed by atoms with van der Waals surface area (Å²) in [7, 11) is 0. The molecule has 0 nitrogen and oxygen atoms in total. The minimum atomic E-state index is 1.16. The zero-order valence-corrected chi connectivity index (χ0v) is 6.55. The highest BCUT2D eigenvalue weighted by Gasteiger charge is 2.47. The summed E-state index contributed by atoms with van der Waals surface area (Å²) >= 11 is 0. The number of hydrogen-bond acceptors (Lipinski definition) is 0. The van der Waals surface area contributed by atoms with Gasteiger partial charge in [-0.25, -0.2) is 0 Å². The third kappa shape index (κ3) is 0.681. The molecule has 0 heteroatoms. The zero-order chi connectivity index (χ0) is 6.55. The minimum absolute atomic E-state index is 1.16. The fourth-order valence-corrected chi connectivity index (χ4v) is 3.40. The molecule has 2 bridgehead atoms. The second kappa shape index (κ2) is 1.78. The highest BCUT2D eigenvalue weighted by atomic mass is 14.5. The lowest BCUT2D eigenvalue weighted by Crippen LogP contribution is -2.11. The van der Waals surface area contributed by atoms with Crippen LogP contribution in [0, 0.1) is 23.7 Å². The van der Waals surface area contributed by atoms with Gasteiger partial charge in [0.05, 0.1) is 0 Å². The quantitative estimate of drug-likeness (QED) is 0.480. The topological polar surface area (TPSA) is 0 Å². The van der Waals surface area contributed by atoms with Crippen molar-refractivity contribution in [2.45, 2.75) is 38.5 Å². The molecular weight excluding hydrogens is 120 g/mol. The molecule has 0 aromatic rings. The Morgan fingerprint density at radius 3 is 2.30 bits per heavy atom. The second-order valence-electron chi connectivity index (χ2n) is 4.68. The molecule has 0 N–H and O–H groups in total. The molecule has 4 fully saturated rings. The van der Waals surface area contributed by atoms with Crippen molar-refractivity contribution in [1.29, 1.82) is 0 Å². The third-order valence-corrected chi connectivity index (χ3v) is 4.11. The van der Waals surface area contributed by atoms with E-state index >= 15 is 0 Å². The molecule has 0 amide bonds. The summed E-state index contributed by atoms with van der Waals surface area (Å²) in [6, 6.07) is 0. The molecule has 2 atom stereocenters. The normalized spacial score (nSPS) is 57.6. The smallest absolute Gasteiger partial charge is 0.0354 e. The molecule has 10 heavy (non-hydrogen) atoms. The van der Waals surface area contributed by atoms with Gasteiger partial charge in [-0.1, -0.05) is 12.8 Å². The zero-order valence-electron chi connectivity index (χ0n) is 6.55. The summed E-state index contributed by atoms with van der Waals surface area (Å²) in [5.74, 6) is 4.77. The van der Waals surface area contributed by atoms with Gasteiger partial charge in [-0.3, -0.25) is 0 Å². The Kier molecular flexibility index (Phi) is 1.00.